The number of carboxylic acids is 1. The van der Waals surface area contributed by atoms with Crippen LogP contribution < -0.4 is 4.74 Å². The molecule has 0 spiro atoms. The van der Waals surface area contributed by atoms with Gasteiger partial charge in [-0.1, -0.05) is 42.5 Å². The maximum atomic E-state index is 10.9. The molecule has 1 unspecified atom stereocenters. The number of rotatable bonds is 7. The number of hydrogen-bond donors (Lipinski definition) is 3. The number of aliphatic hydroxyl groups excluding tert-OH is 2. The van der Waals surface area contributed by atoms with Gasteiger partial charge in [0.1, 0.15) is 5.75 Å². The predicted molar refractivity (Wildman–Crippen MR) is 109 cm³/mol. The quantitative estimate of drug-likeness (QED) is 0.668. The van der Waals surface area contributed by atoms with E-state index in [1.807, 2.05) is 42.5 Å². The normalized spacial score (nSPS) is 26.4. The van der Waals surface area contributed by atoms with Crippen LogP contribution in [0.25, 0.3) is 0 Å². The van der Waals surface area contributed by atoms with Gasteiger partial charge in [0.15, 0.2) is 6.61 Å². The lowest BCUT2D eigenvalue weighted by Crippen LogP contribution is -2.27. The number of ether oxygens (including phenoxy) is 1. The van der Waals surface area contributed by atoms with Crippen LogP contribution >= 0.6 is 0 Å². The third kappa shape index (κ3) is 4.31. The largest absolute Gasteiger partial charge is 0.482 e. The van der Waals surface area contributed by atoms with Crippen LogP contribution in [0.4, 0.5) is 0 Å². The van der Waals surface area contributed by atoms with Gasteiger partial charge in [-0.05, 0) is 72.6 Å². The summed E-state index contributed by atoms with van der Waals surface area (Å²) in [6.45, 7) is -0.340. The van der Waals surface area contributed by atoms with Crippen LogP contribution in [0.15, 0.2) is 48.5 Å². The molecule has 1 saturated carbocycles. The first kappa shape index (κ1) is 19.9. The van der Waals surface area contributed by atoms with Gasteiger partial charge in [0.2, 0.25) is 0 Å². The zero-order valence-corrected chi connectivity index (χ0v) is 16.4. The first-order chi connectivity index (χ1) is 14.0. The Balaban J connectivity index is 1.45. The van der Waals surface area contributed by atoms with Crippen LogP contribution in [0.2, 0.25) is 0 Å². The summed E-state index contributed by atoms with van der Waals surface area (Å²) < 4.78 is 5.50. The average molecular weight is 396 g/mol. The third-order valence-corrected chi connectivity index (χ3v) is 6.65. The number of hydrogen-bond acceptors (Lipinski definition) is 4. The fourth-order valence-corrected chi connectivity index (χ4v) is 5.27. The van der Waals surface area contributed by atoms with Crippen LogP contribution in [-0.2, 0) is 17.6 Å². The molecule has 4 rings (SSSR count). The molecule has 0 saturated heterocycles. The Kier molecular flexibility index (Phi) is 5.88. The highest BCUT2D eigenvalue weighted by atomic mass is 16.5. The van der Waals surface area contributed by atoms with E-state index in [9.17, 15) is 15.0 Å². The topological polar surface area (TPSA) is 87.0 Å². The maximum Gasteiger partial charge on any atom is 0.341 e. The summed E-state index contributed by atoms with van der Waals surface area (Å²) in [4.78, 5) is 10.9. The molecule has 0 amide bonds. The second-order valence-electron chi connectivity index (χ2n) is 8.38. The van der Waals surface area contributed by atoms with E-state index in [1.54, 1.807) is 0 Å². The van der Waals surface area contributed by atoms with Gasteiger partial charge in [-0.15, -0.1) is 0 Å². The van der Waals surface area contributed by atoms with Gasteiger partial charge in [-0.3, -0.25) is 0 Å². The number of carbonyl (C=O) groups is 1. The maximum absolute atomic E-state index is 10.9. The standard InChI is InChI=1S/C24H28O5/c25-21(15-5-2-1-3-6-15)10-9-18-19-11-16-7-4-8-23(29-14-24(27)28)20(16)12-17(19)13-22(18)26/h1-8,17-19,21-22,25-26H,9-14H2,(H,27,28)/t17-,18+,19-,21?,22+/m0/s1. The second kappa shape index (κ2) is 8.56. The molecule has 0 aromatic heterocycles. The van der Waals surface area contributed by atoms with Gasteiger partial charge in [-0.25, -0.2) is 4.79 Å². The van der Waals surface area contributed by atoms with Crippen molar-refractivity contribution in [2.45, 2.75) is 44.3 Å². The van der Waals surface area contributed by atoms with Crippen LogP contribution in [0, 0.1) is 17.8 Å². The van der Waals surface area contributed by atoms with Crippen LogP contribution in [0.3, 0.4) is 0 Å². The molecule has 5 atom stereocenters. The molecule has 0 radical (unpaired) electrons. The lowest BCUT2D eigenvalue weighted by atomic mass is 9.73. The van der Waals surface area contributed by atoms with E-state index in [1.165, 1.54) is 5.56 Å². The number of fused-ring (bicyclic) bond motifs is 2. The fourth-order valence-electron chi connectivity index (χ4n) is 5.27. The minimum Gasteiger partial charge on any atom is -0.482 e. The highest BCUT2D eigenvalue weighted by Gasteiger charge is 2.44. The van der Waals surface area contributed by atoms with Crippen LogP contribution in [-0.4, -0.2) is 34.0 Å². The van der Waals surface area contributed by atoms with Gasteiger partial charge >= 0.3 is 5.97 Å². The Morgan fingerprint density at radius 1 is 1.10 bits per heavy atom. The molecule has 154 valence electrons. The second-order valence-corrected chi connectivity index (χ2v) is 8.38. The fraction of sp³-hybridized carbons (Fsp3) is 0.458. The first-order valence-corrected chi connectivity index (χ1v) is 10.4. The molecule has 5 nitrogen and oxygen atoms in total. The van der Waals surface area contributed by atoms with Crippen LogP contribution in [0.1, 0.15) is 42.1 Å². The van der Waals surface area contributed by atoms with Crippen molar-refractivity contribution >= 4 is 5.97 Å². The Morgan fingerprint density at radius 2 is 1.90 bits per heavy atom. The summed E-state index contributed by atoms with van der Waals surface area (Å²) in [6.07, 6.45) is 3.01. The zero-order valence-electron chi connectivity index (χ0n) is 16.4. The molecule has 0 aliphatic heterocycles. The van der Waals surface area contributed by atoms with Gasteiger partial charge in [0.25, 0.3) is 0 Å². The van der Waals surface area contributed by atoms with Gasteiger partial charge in [0.05, 0.1) is 12.2 Å². The Hall–Kier alpha value is -2.37. The van der Waals surface area contributed by atoms with Crippen molar-refractivity contribution < 1.29 is 24.9 Å². The Labute approximate surface area is 171 Å². The predicted octanol–water partition coefficient (Wildman–Crippen LogP) is 3.38. The zero-order chi connectivity index (χ0) is 20.4. The molecule has 2 aromatic carbocycles. The molecule has 2 aliphatic carbocycles. The highest BCUT2D eigenvalue weighted by molar-refractivity contribution is 5.68. The van der Waals surface area contributed by atoms with E-state index in [2.05, 4.69) is 6.07 Å². The highest BCUT2D eigenvalue weighted by Crippen LogP contribution is 2.48. The molecule has 0 heterocycles. The minimum atomic E-state index is -0.982. The molecular formula is C24H28O5. The van der Waals surface area contributed by atoms with E-state index in [4.69, 9.17) is 9.84 Å². The molecule has 5 heteroatoms. The van der Waals surface area contributed by atoms with Crippen LogP contribution in [0.5, 0.6) is 5.75 Å². The lowest BCUT2D eigenvalue weighted by Gasteiger charge is -2.32. The summed E-state index contributed by atoms with van der Waals surface area (Å²) in [5.74, 6) is 0.599. The molecule has 2 aromatic rings. The van der Waals surface area contributed by atoms with Crippen molar-refractivity contribution in [2.24, 2.45) is 17.8 Å². The van der Waals surface area contributed by atoms with Crippen molar-refractivity contribution in [2.75, 3.05) is 6.61 Å². The van der Waals surface area contributed by atoms with E-state index < -0.39 is 12.1 Å². The van der Waals surface area contributed by atoms with E-state index in [0.29, 0.717) is 24.0 Å². The van der Waals surface area contributed by atoms with Crippen molar-refractivity contribution in [3.63, 3.8) is 0 Å². The van der Waals surface area contributed by atoms with Gasteiger partial charge < -0.3 is 20.1 Å². The van der Waals surface area contributed by atoms with E-state index in [-0.39, 0.29) is 18.6 Å². The molecular weight excluding hydrogens is 368 g/mol. The minimum absolute atomic E-state index is 0.176. The molecule has 2 aliphatic rings. The van der Waals surface area contributed by atoms with Crippen molar-refractivity contribution in [1.29, 1.82) is 0 Å². The molecule has 29 heavy (non-hydrogen) atoms. The molecule has 0 bridgehead atoms. The summed E-state index contributed by atoms with van der Waals surface area (Å²) in [7, 11) is 0. The number of aliphatic hydroxyl groups is 2. The Morgan fingerprint density at radius 3 is 2.66 bits per heavy atom. The number of carboxylic acid groups (broad SMARTS) is 1. The molecule has 3 N–H and O–H groups in total. The Bertz CT molecular complexity index is 850. The smallest absolute Gasteiger partial charge is 0.341 e. The third-order valence-electron chi connectivity index (χ3n) is 6.65. The van der Waals surface area contributed by atoms with Gasteiger partial charge in [-0.2, -0.15) is 0 Å². The van der Waals surface area contributed by atoms with E-state index >= 15 is 0 Å². The summed E-state index contributed by atoms with van der Waals surface area (Å²) in [5, 5.41) is 30.2. The average Bonchev–Trinajstić information content (AvgIpc) is 3.03. The van der Waals surface area contributed by atoms with Gasteiger partial charge in [0, 0.05) is 0 Å². The SMILES string of the molecule is O=C(O)COc1cccc2c1C[C@H]1C[C@@H](O)[C@H](CCC(O)c3ccccc3)[C@H]1C2. The monoisotopic (exact) mass is 396 g/mol. The number of benzene rings is 2. The van der Waals surface area contributed by atoms with Crippen molar-refractivity contribution in [3.8, 4) is 5.75 Å². The molecule has 1 fully saturated rings. The summed E-state index contributed by atoms with van der Waals surface area (Å²) >= 11 is 0. The van der Waals surface area contributed by atoms with Crippen molar-refractivity contribution in [3.05, 3.63) is 65.2 Å². The van der Waals surface area contributed by atoms with E-state index in [0.717, 1.165) is 36.8 Å². The summed E-state index contributed by atoms with van der Waals surface area (Å²) in [5.41, 5.74) is 3.20. The number of aliphatic carboxylic acids is 1. The lowest BCUT2D eigenvalue weighted by molar-refractivity contribution is -0.139. The van der Waals surface area contributed by atoms with Crippen molar-refractivity contribution in [1.82, 2.24) is 0 Å². The first-order valence-electron chi connectivity index (χ1n) is 10.4. The summed E-state index contributed by atoms with van der Waals surface area (Å²) in [6, 6.07) is 15.5.